The maximum atomic E-state index is 12.0. The first-order valence-electron chi connectivity index (χ1n) is 6.79. The van der Waals surface area contributed by atoms with Crippen molar-refractivity contribution in [1.29, 1.82) is 0 Å². The molecule has 0 atom stereocenters. The van der Waals surface area contributed by atoms with Crippen molar-refractivity contribution in [3.8, 4) is 5.75 Å². The van der Waals surface area contributed by atoms with Crippen molar-refractivity contribution in [2.45, 2.75) is 13.8 Å². The molecular weight excluding hydrogens is 324 g/mol. The number of amides is 1. The van der Waals surface area contributed by atoms with E-state index >= 15 is 0 Å². The molecule has 0 unspecified atom stereocenters. The second-order valence-electron chi connectivity index (χ2n) is 5.04. The van der Waals surface area contributed by atoms with E-state index in [2.05, 4.69) is 10.0 Å². The van der Waals surface area contributed by atoms with Crippen LogP contribution in [0, 0.1) is 13.8 Å². The van der Waals surface area contributed by atoms with Crippen LogP contribution in [0.1, 0.15) is 21.5 Å². The van der Waals surface area contributed by atoms with Crippen molar-refractivity contribution in [2.24, 2.45) is 0 Å². The second-order valence-corrected chi connectivity index (χ2v) is 6.88. The molecule has 0 saturated heterocycles. The van der Waals surface area contributed by atoms with Gasteiger partial charge in [0.2, 0.25) is 10.0 Å². The predicted molar refractivity (Wildman–Crippen MR) is 84.2 cm³/mol. The van der Waals surface area contributed by atoms with Gasteiger partial charge in [0.1, 0.15) is 5.75 Å². The van der Waals surface area contributed by atoms with Crippen molar-refractivity contribution in [3.05, 3.63) is 28.8 Å². The average molecular weight is 344 g/mol. The fourth-order valence-corrected chi connectivity index (χ4v) is 2.43. The fourth-order valence-electron chi connectivity index (χ4n) is 1.96. The smallest absolute Gasteiger partial charge is 0.341 e. The van der Waals surface area contributed by atoms with Gasteiger partial charge < -0.3 is 15.2 Å². The highest BCUT2D eigenvalue weighted by Gasteiger charge is 2.12. The predicted octanol–water partition coefficient (Wildman–Crippen LogP) is 0.0458. The molecule has 0 bridgehead atoms. The SMILES string of the molecule is Cc1cc(C(=O)NCCNS(C)(=O)=O)cc(C)c1OCC(=O)O. The molecule has 128 valence electrons. The minimum atomic E-state index is -3.28. The molecule has 1 amide bonds. The summed E-state index contributed by atoms with van der Waals surface area (Å²) in [5, 5.41) is 11.2. The molecule has 0 aliphatic carbocycles. The molecule has 1 aromatic carbocycles. The zero-order chi connectivity index (χ0) is 17.6. The number of rotatable bonds is 8. The number of hydrogen-bond donors (Lipinski definition) is 3. The van der Waals surface area contributed by atoms with Crippen molar-refractivity contribution < 1.29 is 27.9 Å². The molecular formula is C14H20N2O6S. The van der Waals surface area contributed by atoms with E-state index in [1.165, 1.54) is 0 Å². The summed E-state index contributed by atoms with van der Waals surface area (Å²) in [6.07, 6.45) is 1.04. The Kier molecular flexibility index (Phi) is 6.52. The van der Waals surface area contributed by atoms with Gasteiger partial charge >= 0.3 is 5.97 Å². The lowest BCUT2D eigenvalue weighted by molar-refractivity contribution is -0.139. The summed E-state index contributed by atoms with van der Waals surface area (Å²) < 4.78 is 29.3. The largest absolute Gasteiger partial charge is 0.481 e. The van der Waals surface area contributed by atoms with Gasteiger partial charge in [0, 0.05) is 18.7 Å². The third-order valence-corrected chi connectivity index (χ3v) is 3.57. The van der Waals surface area contributed by atoms with Crippen molar-refractivity contribution >= 4 is 21.9 Å². The van der Waals surface area contributed by atoms with Gasteiger partial charge in [0.15, 0.2) is 6.61 Å². The van der Waals surface area contributed by atoms with E-state index in [9.17, 15) is 18.0 Å². The molecule has 0 heterocycles. The van der Waals surface area contributed by atoms with Gasteiger partial charge in [-0.1, -0.05) is 0 Å². The third kappa shape index (κ3) is 6.66. The van der Waals surface area contributed by atoms with Crippen LogP contribution in [0.25, 0.3) is 0 Å². The summed E-state index contributed by atoms with van der Waals surface area (Å²) >= 11 is 0. The zero-order valence-electron chi connectivity index (χ0n) is 13.2. The summed E-state index contributed by atoms with van der Waals surface area (Å²) in [5.74, 6) is -0.997. The molecule has 0 aliphatic heterocycles. The number of aryl methyl sites for hydroxylation is 2. The standard InChI is InChI=1S/C14H20N2O6S/c1-9-6-11(7-10(2)13(9)22-8-12(17)18)14(19)15-4-5-16-23(3,20)21/h6-7,16H,4-5,8H2,1-3H3,(H,15,19)(H,17,18). The Hall–Kier alpha value is -2.13. The maximum absolute atomic E-state index is 12.0. The van der Waals surface area contributed by atoms with Crippen LogP contribution in [0.5, 0.6) is 5.75 Å². The second kappa shape index (κ2) is 7.93. The lowest BCUT2D eigenvalue weighted by Crippen LogP contribution is -2.34. The molecule has 8 nitrogen and oxygen atoms in total. The molecule has 0 spiro atoms. The van der Waals surface area contributed by atoms with E-state index in [-0.39, 0.29) is 19.0 Å². The van der Waals surface area contributed by atoms with Gasteiger partial charge in [-0.2, -0.15) is 0 Å². The van der Waals surface area contributed by atoms with Crippen LogP contribution in [0.15, 0.2) is 12.1 Å². The highest BCUT2D eigenvalue weighted by atomic mass is 32.2. The highest BCUT2D eigenvalue weighted by Crippen LogP contribution is 2.24. The number of carbonyl (C=O) groups is 2. The zero-order valence-corrected chi connectivity index (χ0v) is 14.0. The highest BCUT2D eigenvalue weighted by molar-refractivity contribution is 7.88. The number of hydrogen-bond acceptors (Lipinski definition) is 5. The number of carboxylic acid groups (broad SMARTS) is 1. The Morgan fingerprint density at radius 1 is 1.17 bits per heavy atom. The number of aliphatic carboxylic acids is 1. The molecule has 0 fully saturated rings. The maximum Gasteiger partial charge on any atom is 0.341 e. The molecule has 1 aromatic rings. The van der Waals surface area contributed by atoms with Crippen LogP contribution in [-0.4, -0.2) is 51.4 Å². The van der Waals surface area contributed by atoms with E-state index in [0.717, 1.165) is 6.26 Å². The Balaban J connectivity index is 2.70. The normalized spacial score (nSPS) is 11.1. The summed E-state index contributed by atoms with van der Waals surface area (Å²) in [4.78, 5) is 22.6. The summed E-state index contributed by atoms with van der Waals surface area (Å²) in [6.45, 7) is 3.23. The van der Waals surface area contributed by atoms with Crippen molar-refractivity contribution in [1.82, 2.24) is 10.0 Å². The number of carbonyl (C=O) groups excluding carboxylic acids is 1. The molecule has 9 heteroatoms. The Morgan fingerprint density at radius 3 is 2.22 bits per heavy atom. The monoisotopic (exact) mass is 344 g/mol. The summed E-state index contributed by atoms with van der Waals surface area (Å²) in [6, 6.07) is 3.17. The number of benzene rings is 1. The first-order valence-corrected chi connectivity index (χ1v) is 8.68. The average Bonchev–Trinajstić information content (AvgIpc) is 2.40. The van der Waals surface area contributed by atoms with Crippen LogP contribution in [0.3, 0.4) is 0 Å². The molecule has 0 radical (unpaired) electrons. The van der Waals surface area contributed by atoms with Crippen LogP contribution in [0.2, 0.25) is 0 Å². The number of sulfonamides is 1. The van der Waals surface area contributed by atoms with Gasteiger partial charge in [0.25, 0.3) is 5.91 Å². The topological polar surface area (TPSA) is 122 Å². The first kappa shape index (κ1) is 18.9. The van der Waals surface area contributed by atoms with Crippen LogP contribution < -0.4 is 14.8 Å². The van der Waals surface area contributed by atoms with Crippen LogP contribution in [-0.2, 0) is 14.8 Å². The fraction of sp³-hybridized carbons (Fsp3) is 0.429. The molecule has 0 aliphatic rings. The number of carboxylic acids is 1. The lowest BCUT2D eigenvalue weighted by atomic mass is 10.1. The van der Waals surface area contributed by atoms with E-state index in [0.29, 0.717) is 22.4 Å². The van der Waals surface area contributed by atoms with Crippen LogP contribution >= 0.6 is 0 Å². The molecule has 0 saturated carbocycles. The van der Waals surface area contributed by atoms with Gasteiger partial charge in [-0.25, -0.2) is 17.9 Å². The summed E-state index contributed by atoms with van der Waals surface area (Å²) in [5.41, 5.74) is 1.68. The molecule has 1 rings (SSSR count). The quantitative estimate of drug-likeness (QED) is 0.573. The Labute approximate surface area is 134 Å². The summed E-state index contributed by atoms with van der Waals surface area (Å²) in [7, 11) is -3.28. The Bertz CT molecular complexity index is 676. The van der Waals surface area contributed by atoms with Gasteiger partial charge in [-0.3, -0.25) is 4.79 Å². The van der Waals surface area contributed by atoms with Gasteiger partial charge in [-0.15, -0.1) is 0 Å². The van der Waals surface area contributed by atoms with Crippen molar-refractivity contribution in [3.63, 3.8) is 0 Å². The minimum Gasteiger partial charge on any atom is -0.481 e. The van der Waals surface area contributed by atoms with E-state index in [1.807, 2.05) is 0 Å². The number of nitrogens with one attached hydrogen (secondary N) is 2. The lowest BCUT2D eigenvalue weighted by Gasteiger charge is -2.13. The van der Waals surface area contributed by atoms with Crippen molar-refractivity contribution in [2.75, 3.05) is 26.0 Å². The minimum absolute atomic E-state index is 0.0995. The third-order valence-electron chi connectivity index (χ3n) is 2.84. The first-order chi connectivity index (χ1) is 10.6. The van der Waals surface area contributed by atoms with E-state index in [1.54, 1.807) is 26.0 Å². The molecule has 0 aromatic heterocycles. The van der Waals surface area contributed by atoms with Gasteiger partial charge in [-0.05, 0) is 37.1 Å². The molecule has 3 N–H and O–H groups in total. The van der Waals surface area contributed by atoms with E-state index < -0.39 is 22.6 Å². The number of ether oxygens (including phenoxy) is 1. The molecule has 23 heavy (non-hydrogen) atoms. The van der Waals surface area contributed by atoms with Gasteiger partial charge in [0.05, 0.1) is 6.26 Å². The van der Waals surface area contributed by atoms with E-state index in [4.69, 9.17) is 9.84 Å². The van der Waals surface area contributed by atoms with Crippen LogP contribution in [0.4, 0.5) is 0 Å². The Morgan fingerprint density at radius 2 is 1.74 bits per heavy atom.